The number of ether oxygens (including phenoxy) is 5. The molecule has 0 unspecified atom stereocenters. The standard InChI is InChI=1S/C32H29NO7/c34-31(37-19-24-12-6-2-7-13-24)27-17-29-30(40-22-39-29)18-28(27)36-21-26(16-23-10-4-1-5-11-23)33-32(35)38-20-25-14-8-3-9-15-25/h1-15,17-18,26H,16,19-22H2,(H,33,35)/t26-/m1/s1. The fraction of sp³-hybridized carbons (Fsp3) is 0.188. The van der Waals surface area contributed by atoms with Crippen molar-refractivity contribution in [3.63, 3.8) is 0 Å². The number of benzene rings is 4. The molecule has 8 nitrogen and oxygen atoms in total. The molecule has 0 bridgehead atoms. The molecule has 0 fully saturated rings. The minimum absolute atomic E-state index is 0.0444. The van der Waals surface area contributed by atoms with Crippen molar-refractivity contribution in [3.05, 3.63) is 125 Å². The van der Waals surface area contributed by atoms with Gasteiger partial charge in [0.05, 0.1) is 6.04 Å². The van der Waals surface area contributed by atoms with Crippen molar-refractivity contribution in [2.45, 2.75) is 25.7 Å². The lowest BCUT2D eigenvalue weighted by Crippen LogP contribution is -2.41. The Kier molecular flexibility index (Phi) is 8.78. The Balaban J connectivity index is 1.29. The van der Waals surface area contributed by atoms with Gasteiger partial charge in [-0.15, -0.1) is 0 Å². The zero-order valence-electron chi connectivity index (χ0n) is 21.8. The van der Waals surface area contributed by atoms with E-state index < -0.39 is 18.1 Å². The average Bonchev–Trinajstić information content (AvgIpc) is 3.46. The molecule has 40 heavy (non-hydrogen) atoms. The SMILES string of the molecule is O=C(N[C@@H](COc1cc2c(cc1C(=O)OCc1ccccc1)OCO2)Cc1ccccc1)OCc1ccccc1. The summed E-state index contributed by atoms with van der Waals surface area (Å²) in [5.74, 6) is 0.596. The van der Waals surface area contributed by atoms with Crippen LogP contribution >= 0.6 is 0 Å². The van der Waals surface area contributed by atoms with Crippen LogP contribution in [0.2, 0.25) is 0 Å². The lowest BCUT2D eigenvalue weighted by molar-refractivity contribution is 0.0466. The molecule has 1 N–H and O–H groups in total. The van der Waals surface area contributed by atoms with E-state index in [4.69, 9.17) is 23.7 Å². The van der Waals surface area contributed by atoms with Gasteiger partial charge in [0.1, 0.15) is 31.1 Å². The van der Waals surface area contributed by atoms with Crippen molar-refractivity contribution in [1.82, 2.24) is 5.32 Å². The van der Waals surface area contributed by atoms with Gasteiger partial charge in [0, 0.05) is 12.1 Å². The quantitative estimate of drug-likeness (QED) is 0.245. The number of hydrogen-bond acceptors (Lipinski definition) is 7. The van der Waals surface area contributed by atoms with Crippen LogP contribution in [0.5, 0.6) is 17.2 Å². The molecule has 4 aromatic rings. The summed E-state index contributed by atoms with van der Waals surface area (Å²) >= 11 is 0. The summed E-state index contributed by atoms with van der Waals surface area (Å²) in [6.45, 7) is 0.362. The predicted molar refractivity (Wildman–Crippen MR) is 147 cm³/mol. The fourth-order valence-corrected chi connectivity index (χ4v) is 4.18. The maximum Gasteiger partial charge on any atom is 0.407 e. The second-order valence-corrected chi connectivity index (χ2v) is 9.17. The van der Waals surface area contributed by atoms with Gasteiger partial charge in [-0.05, 0) is 23.1 Å². The van der Waals surface area contributed by atoms with Crippen LogP contribution in [0.3, 0.4) is 0 Å². The number of rotatable bonds is 11. The molecule has 0 spiro atoms. The Hall–Kier alpha value is -4.98. The first-order valence-corrected chi connectivity index (χ1v) is 12.9. The van der Waals surface area contributed by atoms with Gasteiger partial charge in [-0.1, -0.05) is 91.0 Å². The van der Waals surface area contributed by atoms with Gasteiger partial charge in [-0.3, -0.25) is 0 Å². The Labute approximate surface area is 232 Å². The molecular formula is C32H29NO7. The van der Waals surface area contributed by atoms with Gasteiger partial charge in [0.25, 0.3) is 0 Å². The van der Waals surface area contributed by atoms with Crippen molar-refractivity contribution in [2.75, 3.05) is 13.4 Å². The maximum absolute atomic E-state index is 13.1. The summed E-state index contributed by atoms with van der Waals surface area (Å²) in [6, 6.07) is 31.3. The lowest BCUT2D eigenvalue weighted by Gasteiger charge is -2.20. The van der Waals surface area contributed by atoms with E-state index in [1.807, 2.05) is 91.0 Å². The van der Waals surface area contributed by atoms with Crippen molar-refractivity contribution in [3.8, 4) is 17.2 Å². The lowest BCUT2D eigenvalue weighted by atomic mass is 10.1. The van der Waals surface area contributed by atoms with E-state index in [9.17, 15) is 9.59 Å². The summed E-state index contributed by atoms with van der Waals surface area (Å²) in [6.07, 6.45) is -0.0823. The first-order chi connectivity index (χ1) is 19.6. The number of amides is 1. The predicted octanol–water partition coefficient (Wildman–Crippen LogP) is 5.69. The zero-order chi connectivity index (χ0) is 27.6. The Bertz CT molecular complexity index is 1410. The highest BCUT2D eigenvalue weighted by Crippen LogP contribution is 2.38. The van der Waals surface area contributed by atoms with Gasteiger partial charge in [0.15, 0.2) is 11.5 Å². The molecule has 0 saturated carbocycles. The van der Waals surface area contributed by atoms with Gasteiger partial charge in [0.2, 0.25) is 6.79 Å². The second-order valence-electron chi connectivity index (χ2n) is 9.17. The summed E-state index contributed by atoms with van der Waals surface area (Å²) in [7, 11) is 0. The van der Waals surface area contributed by atoms with E-state index in [1.54, 1.807) is 12.1 Å². The molecule has 1 amide bonds. The summed E-state index contributed by atoms with van der Waals surface area (Å²) in [5, 5.41) is 2.90. The first-order valence-electron chi connectivity index (χ1n) is 12.9. The van der Waals surface area contributed by atoms with Crippen molar-refractivity contribution >= 4 is 12.1 Å². The molecule has 1 atom stereocenters. The third kappa shape index (κ3) is 7.32. The Morgan fingerprint density at radius 1 is 0.725 bits per heavy atom. The van der Waals surface area contributed by atoms with E-state index >= 15 is 0 Å². The number of fused-ring (bicyclic) bond motifs is 1. The molecule has 0 radical (unpaired) electrons. The maximum atomic E-state index is 13.1. The average molecular weight is 540 g/mol. The van der Waals surface area contributed by atoms with E-state index in [0.717, 1.165) is 16.7 Å². The van der Waals surface area contributed by atoms with Gasteiger partial charge in [-0.25, -0.2) is 9.59 Å². The van der Waals surface area contributed by atoms with Crippen LogP contribution < -0.4 is 19.5 Å². The highest BCUT2D eigenvalue weighted by molar-refractivity contribution is 5.93. The molecule has 1 aliphatic rings. The van der Waals surface area contributed by atoms with Crippen LogP contribution in [-0.4, -0.2) is 31.5 Å². The minimum atomic E-state index is -0.568. The summed E-state index contributed by atoms with van der Waals surface area (Å²) in [5.41, 5.74) is 2.95. The number of esters is 1. The van der Waals surface area contributed by atoms with Crippen LogP contribution in [0.1, 0.15) is 27.0 Å². The molecule has 204 valence electrons. The van der Waals surface area contributed by atoms with Crippen molar-refractivity contribution < 1.29 is 33.3 Å². The molecule has 0 saturated heterocycles. The molecule has 0 aromatic heterocycles. The zero-order valence-corrected chi connectivity index (χ0v) is 21.8. The van der Waals surface area contributed by atoms with Gasteiger partial charge < -0.3 is 29.0 Å². The normalized spacial score (nSPS) is 12.3. The number of hydrogen-bond donors (Lipinski definition) is 1. The van der Waals surface area contributed by atoms with Gasteiger partial charge >= 0.3 is 12.1 Å². The van der Waals surface area contributed by atoms with Gasteiger partial charge in [-0.2, -0.15) is 0 Å². The van der Waals surface area contributed by atoms with E-state index in [1.165, 1.54) is 0 Å². The van der Waals surface area contributed by atoms with E-state index in [2.05, 4.69) is 5.32 Å². The smallest absolute Gasteiger partial charge is 0.407 e. The molecule has 8 heteroatoms. The number of alkyl carbamates (subject to hydrolysis) is 1. The van der Waals surface area contributed by atoms with E-state index in [0.29, 0.717) is 17.9 Å². The van der Waals surface area contributed by atoms with Crippen LogP contribution in [0.25, 0.3) is 0 Å². The Morgan fingerprint density at radius 2 is 1.27 bits per heavy atom. The Morgan fingerprint density at radius 3 is 1.90 bits per heavy atom. The van der Waals surface area contributed by atoms with Crippen LogP contribution in [0.15, 0.2) is 103 Å². The van der Waals surface area contributed by atoms with Crippen molar-refractivity contribution in [1.29, 1.82) is 0 Å². The monoisotopic (exact) mass is 539 g/mol. The van der Waals surface area contributed by atoms with Crippen LogP contribution in [0.4, 0.5) is 4.79 Å². The van der Waals surface area contributed by atoms with Crippen LogP contribution in [-0.2, 0) is 29.1 Å². The molecule has 5 rings (SSSR count). The number of carbonyl (C=O) groups is 2. The fourth-order valence-electron chi connectivity index (χ4n) is 4.18. The molecule has 0 aliphatic carbocycles. The number of nitrogens with one attached hydrogen (secondary N) is 1. The number of carbonyl (C=O) groups excluding carboxylic acids is 2. The molecule has 4 aromatic carbocycles. The largest absolute Gasteiger partial charge is 0.490 e. The third-order valence-electron chi connectivity index (χ3n) is 6.21. The van der Waals surface area contributed by atoms with Crippen LogP contribution in [0, 0.1) is 0 Å². The third-order valence-corrected chi connectivity index (χ3v) is 6.21. The second kappa shape index (κ2) is 13.2. The molecule has 1 heterocycles. The van der Waals surface area contributed by atoms with E-state index in [-0.39, 0.29) is 37.9 Å². The first kappa shape index (κ1) is 26.6. The summed E-state index contributed by atoms with van der Waals surface area (Å²) < 4.78 is 28.1. The van der Waals surface area contributed by atoms with Crippen molar-refractivity contribution in [2.24, 2.45) is 0 Å². The molecular weight excluding hydrogens is 510 g/mol. The molecule has 1 aliphatic heterocycles. The topological polar surface area (TPSA) is 92.3 Å². The highest BCUT2D eigenvalue weighted by atomic mass is 16.7. The summed E-state index contributed by atoms with van der Waals surface area (Å²) in [4.78, 5) is 25.8. The minimum Gasteiger partial charge on any atom is -0.490 e. The highest BCUT2D eigenvalue weighted by Gasteiger charge is 2.24.